The lowest BCUT2D eigenvalue weighted by molar-refractivity contribution is 0.555. The minimum absolute atomic E-state index is 0. The van der Waals surface area contributed by atoms with E-state index >= 15 is 0 Å². The van der Waals surface area contributed by atoms with Crippen LogP contribution in [-0.2, 0) is 13.1 Å². The van der Waals surface area contributed by atoms with Crippen LogP contribution in [0.1, 0.15) is 44.6 Å². The first-order chi connectivity index (χ1) is 11.8. The van der Waals surface area contributed by atoms with Gasteiger partial charge in [0.05, 0.1) is 6.33 Å². The van der Waals surface area contributed by atoms with E-state index in [4.69, 9.17) is 0 Å². The highest BCUT2D eigenvalue weighted by atomic mass is 16.1. The summed E-state index contributed by atoms with van der Waals surface area (Å²) in [5.41, 5.74) is 2.27. The molecule has 2 heterocycles. The average Bonchev–Trinajstić information content (AvgIpc) is 3.01. The van der Waals surface area contributed by atoms with Gasteiger partial charge < -0.3 is 10.0 Å². The zero-order valence-corrected chi connectivity index (χ0v) is 14.7. The molecule has 0 radical (unpaired) electrons. The maximum atomic E-state index is 12.8. The van der Waals surface area contributed by atoms with Gasteiger partial charge in [-0.15, -0.1) is 0 Å². The molecule has 25 heavy (non-hydrogen) atoms. The van der Waals surface area contributed by atoms with Crippen LogP contribution >= 0.6 is 0 Å². The number of unbranched alkanes of at least 4 members (excludes halogenated alkanes) is 4. The van der Waals surface area contributed by atoms with Crippen molar-refractivity contribution in [2.24, 2.45) is 0 Å². The van der Waals surface area contributed by atoms with E-state index in [1.807, 2.05) is 22.8 Å². The fourth-order valence-electron chi connectivity index (χ4n) is 2.94. The molecule has 0 fully saturated rings. The summed E-state index contributed by atoms with van der Waals surface area (Å²) in [6, 6.07) is 10.1. The third-order valence-electron chi connectivity index (χ3n) is 4.30. The number of aromatic nitrogens is 4. The van der Waals surface area contributed by atoms with Crippen LogP contribution in [-0.4, -0.2) is 24.6 Å². The Morgan fingerprint density at radius 3 is 2.32 bits per heavy atom. The molecule has 0 atom stereocenters. The standard InChI is InChI=1S/C19H24N4O.H2O/c1-2-3-4-5-9-12-22-14-20-18-17(19(22)24)23(15-21-18)13-16-10-7-6-8-11-16;/h6-8,10-11,14-15H,2-5,9,12-13H2,1H3;1H2. The van der Waals surface area contributed by atoms with E-state index in [9.17, 15) is 4.79 Å². The number of benzene rings is 1. The Morgan fingerprint density at radius 2 is 1.60 bits per heavy atom. The van der Waals surface area contributed by atoms with Crippen molar-refractivity contribution in [2.45, 2.75) is 52.1 Å². The van der Waals surface area contributed by atoms with Gasteiger partial charge in [0.2, 0.25) is 0 Å². The molecule has 6 nitrogen and oxygen atoms in total. The number of aryl methyl sites for hydroxylation is 1. The van der Waals surface area contributed by atoms with Gasteiger partial charge in [-0.3, -0.25) is 9.36 Å². The van der Waals surface area contributed by atoms with Gasteiger partial charge in [-0.2, -0.15) is 0 Å². The Balaban J connectivity index is 0.00000225. The minimum Gasteiger partial charge on any atom is -0.412 e. The van der Waals surface area contributed by atoms with Gasteiger partial charge in [0, 0.05) is 13.1 Å². The minimum atomic E-state index is 0. The second kappa shape index (κ2) is 9.13. The predicted octanol–water partition coefficient (Wildman–Crippen LogP) is 2.79. The zero-order chi connectivity index (χ0) is 16.8. The van der Waals surface area contributed by atoms with E-state index in [1.165, 1.54) is 19.3 Å². The molecule has 2 aromatic heterocycles. The Labute approximate surface area is 147 Å². The molecule has 6 heteroatoms. The van der Waals surface area contributed by atoms with Crippen LogP contribution in [0.3, 0.4) is 0 Å². The number of rotatable bonds is 8. The van der Waals surface area contributed by atoms with Crippen LogP contribution < -0.4 is 5.56 Å². The summed E-state index contributed by atoms with van der Waals surface area (Å²) in [5.74, 6) is 0. The van der Waals surface area contributed by atoms with Crippen LogP contribution in [0, 0.1) is 0 Å². The van der Waals surface area contributed by atoms with Crippen LogP contribution in [0.25, 0.3) is 11.2 Å². The molecule has 134 valence electrons. The molecule has 0 amide bonds. The highest BCUT2D eigenvalue weighted by molar-refractivity contribution is 5.69. The fraction of sp³-hybridized carbons (Fsp3) is 0.421. The van der Waals surface area contributed by atoms with Crippen LogP contribution in [0.2, 0.25) is 0 Å². The Hall–Kier alpha value is -2.47. The number of hydrogen-bond acceptors (Lipinski definition) is 3. The molecular weight excluding hydrogens is 316 g/mol. The largest absolute Gasteiger partial charge is 0.412 e. The third-order valence-corrected chi connectivity index (χ3v) is 4.30. The van der Waals surface area contributed by atoms with Gasteiger partial charge in [0.15, 0.2) is 11.2 Å². The number of hydrogen-bond donors (Lipinski definition) is 0. The first-order valence-corrected chi connectivity index (χ1v) is 8.74. The van der Waals surface area contributed by atoms with Crippen LogP contribution in [0.15, 0.2) is 47.8 Å². The van der Waals surface area contributed by atoms with E-state index < -0.39 is 0 Å². The number of fused-ring (bicyclic) bond motifs is 1. The van der Waals surface area contributed by atoms with Crippen molar-refractivity contribution in [1.82, 2.24) is 19.1 Å². The van der Waals surface area contributed by atoms with Crippen molar-refractivity contribution in [2.75, 3.05) is 0 Å². The molecule has 0 aliphatic heterocycles. The quantitative estimate of drug-likeness (QED) is 0.590. The molecule has 2 N–H and O–H groups in total. The van der Waals surface area contributed by atoms with Crippen molar-refractivity contribution >= 4 is 11.2 Å². The summed E-state index contributed by atoms with van der Waals surface area (Å²) >= 11 is 0. The molecule has 0 aliphatic carbocycles. The lowest BCUT2D eigenvalue weighted by Crippen LogP contribution is -2.22. The van der Waals surface area contributed by atoms with Gasteiger partial charge >= 0.3 is 0 Å². The lowest BCUT2D eigenvalue weighted by atomic mass is 10.1. The van der Waals surface area contributed by atoms with Crippen LogP contribution in [0.5, 0.6) is 0 Å². The van der Waals surface area contributed by atoms with Gasteiger partial charge in [0.25, 0.3) is 5.56 Å². The van der Waals surface area contributed by atoms with E-state index in [2.05, 4.69) is 29.0 Å². The van der Waals surface area contributed by atoms with E-state index in [1.54, 1.807) is 17.2 Å². The average molecular weight is 342 g/mol. The van der Waals surface area contributed by atoms with E-state index in [-0.39, 0.29) is 11.0 Å². The maximum Gasteiger partial charge on any atom is 0.279 e. The number of imidazole rings is 1. The van der Waals surface area contributed by atoms with Crippen molar-refractivity contribution in [3.8, 4) is 0 Å². The van der Waals surface area contributed by atoms with E-state index in [0.29, 0.717) is 17.7 Å². The summed E-state index contributed by atoms with van der Waals surface area (Å²) < 4.78 is 3.62. The van der Waals surface area contributed by atoms with Gasteiger partial charge in [-0.25, -0.2) is 9.97 Å². The molecule has 0 spiro atoms. The maximum absolute atomic E-state index is 12.8. The predicted molar refractivity (Wildman–Crippen MR) is 99.7 cm³/mol. The second-order valence-corrected chi connectivity index (χ2v) is 6.19. The normalized spacial score (nSPS) is 10.8. The summed E-state index contributed by atoms with van der Waals surface area (Å²) in [4.78, 5) is 21.4. The molecular formula is C19H26N4O2. The van der Waals surface area contributed by atoms with Crippen molar-refractivity contribution in [1.29, 1.82) is 0 Å². The van der Waals surface area contributed by atoms with Gasteiger partial charge in [-0.1, -0.05) is 62.9 Å². The number of nitrogens with zero attached hydrogens (tertiary/aromatic N) is 4. The second-order valence-electron chi connectivity index (χ2n) is 6.19. The highest BCUT2D eigenvalue weighted by Gasteiger charge is 2.11. The molecule has 3 rings (SSSR count). The molecule has 0 bridgehead atoms. The Kier molecular flexibility index (Phi) is 6.89. The summed E-state index contributed by atoms with van der Waals surface area (Å²) in [6.07, 6.45) is 9.22. The first-order valence-electron chi connectivity index (χ1n) is 8.74. The first kappa shape index (κ1) is 18.9. The molecule has 3 aromatic rings. The Morgan fingerprint density at radius 1 is 0.920 bits per heavy atom. The lowest BCUT2D eigenvalue weighted by Gasteiger charge is -2.07. The van der Waals surface area contributed by atoms with Gasteiger partial charge in [0.1, 0.15) is 6.33 Å². The summed E-state index contributed by atoms with van der Waals surface area (Å²) in [6.45, 7) is 3.56. The van der Waals surface area contributed by atoms with E-state index in [0.717, 1.165) is 24.9 Å². The SMILES string of the molecule is CCCCCCCn1cnc2ncn(Cc3ccccc3)c2c1=O.O. The molecule has 0 unspecified atom stereocenters. The van der Waals surface area contributed by atoms with Crippen molar-refractivity contribution in [3.63, 3.8) is 0 Å². The molecule has 0 saturated heterocycles. The molecule has 0 saturated carbocycles. The van der Waals surface area contributed by atoms with Gasteiger partial charge in [-0.05, 0) is 12.0 Å². The Bertz CT molecular complexity index is 840. The monoisotopic (exact) mass is 342 g/mol. The summed E-state index contributed by atoms with van der Waals surface area (Å²) in [5, 5.41) is 0. The highest BCUT2D eigenvalue weighted by Crippen LogP contribution is 2.10. The molecule has 0 aliphatic rings. The zero-order valence-electron chi connectivity index (χ0n) is 14.7. The smallest absolute Gasteiger partial charge is 0.279 e. The topological polar surface area (TPSA) is 84.2 Å². The van der Waals surface area contributed by atoms with Crippen LogP contribution in [0.4, 0.5) is 0 Å². The third kappa shape index (κ3) is 4.54. The molecule has 1 aromatic carbocycles. The summed E-state index contributed by atoms with van der Waals surface area (Å²) in [7, 11) is 0. The van der Waals surface area contributed by atoms with Crippen molar-refractivity contribution < 1.29 is 5.48 Å². The fourth-order valence-corrected chi connectivity index (χ4v) is 2.94. The van der Waals surface area contributed by atoms with Crippen molar-refractivity contribution in [3.05, 3.63) is 58.9 Å².